The van der Waals surface area contributed by atoms with Crippen molar-refractivity contribution >= 4 is 43.9 Å². The van der Waals surface area contributed by atoms with E-state index in [1.165, 1.54) is 15.5 Å². The van der Waals surface area contributed by atoms with Gasteiger partial charge in [-0.25, -0.2) is 13.2 Å². The van der Waals surface area contributed by atoms with E-state index in [0.29, 0.717) is 30.5 Å². The van der Waals surface area contributed by atoms with Crippen molar-refractivity contribution in [2.45, 2.75) is 51.0 Å². The Kier molecular flexibility index (Phi) is 6.70. The number of amides is 1. The molecule has 0 unspecified atom stereocenters. The second kappa shape index (κ2) is 9.57. The summed E-state index contributed by atoms with van der Waals surface area (Å²) in [6.45, 7) is 3.83. The monoisotopic (exact) mass is 499 g/mol. The number of aromatic nitrogens is 2. The van der Waals surface area contributed by atoms with Crippen LogP contribution in [-0.4, -0.2) is 37.0 Å². The smallest absolute Gasteiger partial charge is 0.330 e. The second-order valence-electron chi connectivity index (χ2n) is 8.54. The van der Waals surface area contributed by atoms with Gasteiger partial charge < -0.3 is 10.6 Å². The van der Waals surface area contributed by atoms with Gasteiger partial charge in [-0.1, -0.05) is 51.0 Å². The molecule has 1 aliphatic rings. The fraction of sp³-hybridized carbons (Fsp3) is 0.375. The highest BCUT2D eigenvalue weighted by Gasteiger charge is 2.38. The normalized spacial score (nSPS) is 13.9. The fourth-order valence-electron chi connectivity index (χ4n) is 4.39. The van der Waals surface area contributed by atoms with Gasteiger partial charge >= 0.3 is 5.69 Å². The van der Waals surface area contributed by atoms with Crippen LogP contribution in [0.3, 0.4) is 0 Å². The maximum absolute atomic E-state index is 13.6. The predicted octanol–water partition coefficient (Wildman–Crippen LogP) is 2.41. The number of hydrogen-bond donors (Lipinski definition) is 2. The molecule has 0 saturated heterocycles. The zero-order chi connectivity index (χ0) is 25.3. The molecule has 1 aliphatic heterocycles. The van der Waals surface area contributed by atoms with E-state index in [4.69, 9.17) is 5.73 Å². The van der Waals surface area contributed by atoms with Crippen molar-refractivity contribution in [3.05, 3.63) is 57.2 Å². The number of nitrogens with one attached hydrogen (secondary N) is 1. The molecule has 0 spiro atoms. The molecule has 0 saturated carbocycles. The zero-order valence-corrected chi connectivity index (χ0v) is 20.6. The van der Waals surface area contributed by atoms with E-state index in [1.807, 2.05) is 26.0 Å². The number of unbranched alkanes of at least 4 members (excludes halogenated alkanes) is 2. The number of nitrogens with zero attached hydrogens (tertiary/aromatic N) is 3. The summed E-state index contributed by atoms with van der Waals surface area (Å²) in [6, 6.07) is 10.2. The van der Waals surface area contributed by atoms with Crippen LogP contribution in [-0.2, 0) is 21.4 Å². The molecule has 0 atom stereocenters. The van der Waals surface area contributed by atoms with Gasteiger partial charge in [0.15, 0.2) is 5.69 Å². The van der Waals surface area contributed by atoms with Gasteiger partial charge in [-0.2, -0.15) is 0 Å². The molecule has 1 aromatic heterocycles. The van der Waals surface area contributed by atoms with Crippen molar-refractivity contribution in [3.63, 3.8) is 0 Å². The maximum atomic E-state index is 13.6. The summed E-state index contributed by atoms with van der Waals surface area (Å²) in [6.07, 6.45) is 2.75. The summed E-state index contributed by atoms with van der Waals surface area (Å²) in [5, 5.41) is 1.32. The molecule has 0 bridgehead atoms. The summed E-state index contributed by atoms with van der Waals surface area (Å²) in [4.78, 5) is 42.4. The number of H-pyrrole nitrogens is 1. The van der Waals surface area contributed by atoms with Crippen LogP contribution < -0.4 is 26.2 Å². The number of hydrogen-bond acceptors (Lipinski definition) is 6. The van der Waals surface area contributed by atoms with Crippen molar-refractivity contribution in [2.24, 2.45) is 0 Å². The number of sulfonamides is 1. The van der Waals surface area contributed by atoms with Gasteiger partial charge in [0.25, 0.3) is 15.6 Å². The lowest BCUT2D eigenvalue weighted by molar-refractivity contribution is -0.117. The van der Waals surface area contributed by atoms with Gasteiger partial charge in [-0.05, 0) is 30.4 Å². The first kappa shape index (κ1) is 24.5. The Morgan fingerprint density at radius 2 is 1.74 bits per heavy atom. The first-order valence-electron chi connectivity index (χ1n) is 11.7. The van der Waals surface area contributed by atoms with E-state index in [0.717, 1.165) is 22.5 Å². The molecule has 0 fully saturated rings. The van der Waals surface area contributed by atoms with Crippen molar-refractivity contribution in [2.75, 3.05) is 28.0 Å². The van der Waals surface area contributed by atoms with Gasteiger partial charge in [-0.15, -0.1) is 0 Å². The minimum Gasteiger partial charge on any atom is -0.383 e. The molecule has 0 radical (unpaired) electrons. The van der Waals surface area contributed by atoms with Gasteiger partial charge in [0.2, 0.25) is 5.91 Å². The van der Waals surface area contributed by atoms with Gasteiger partial charge in [0.1, 0.15) is 12.4 Å². The lowest BCUT2D eigenvalue weighted by Gasteiger charge is -2.27. The molecule has 35 heavy (non-hydrogen) atoms. The van der Waals surface area contributed by atoms with Crippen LogP contribution in [0.2, 0.25) is 0 Å². The second-order valence-corrected chi connectivity index (χ2v) is 10.4. The SMILES string of the molecule is CCCCN(C(=O)CN1c2cccc3cccc(c23)S1(=O)=O)c1c(N)n(CCCC)c(=O)[nH]c1=O. The molecular weight excluding hydrogens is 470 g/mol. The van der Waals surface area contributed by atoms with Crippen molar-refractivity contribution in [1.82, 2.24) is 9.55 Å². The molecule has 3 aromatic rings. The molecule has 3 N–H and O–H groups in total. The molecule has 1 amide bonds. The number of nitrogens with two attached hydrogens (primary N) is 1. The van der Waals surface area contributed by atoms with E-state index in [-0.39, 0.29) is 22.9 Å². The molecule has 2 aromatic carbocycles. The molecule has 11 heteroatoms. The minimum absolute atomic E-state index is 0.105. The Hall–Kier alpha value is -3.60. The number of rotatable bonds is 9. The van der Waals surface area contributed by atoms with Crippen LogP contribution in [0.15, 0.2) is 50.9 Å². The first-order chi connectivity index (χ1) is 16.7. The average Bonchev–Trinajstić information content (AvgIpc) is 3.04. The van der Waals surface area contributed by atoms with E-state index in [1.54, 1.807) is 18.2 Å². The van der Waals surface area contributed by atoms with E-state index in [2.05, 4.69) is 4.98 Å². The molecule has 2 heterocycles. The van der Waals surface area contributed by atoms with Gasteiger partial charge in [0.05, 0.1) is 10.6 Å². The van der Waals surface area contributed by atoms with Crippen LogP contribution in [0.4, 0.5) is 17.2 Å². The Labute approximate surface area is 203 Å². The first-order valence-corrected chi connectivity index (χ1v) is 13.1. The van der Waals surface area contributed by atoms with Crippen molar-refractivity contribution < 1.29 is 13.2 Å². The predicted molar refractivity (Wildman–Crippen MR) is 136 cm³/mol. The van der Waals surface area contributed by atoms with E-state index >= 15 is 0 Å². The number of benzene rings is 2. The van der Waals surface area contributed by atoms with Crippen molar-refractivity contribution in [1.29, 1.82) is 0 Å². The van der Waals surface area contributed by atoms with Gasteiger partial charge in [0, 0.05) is 18.5 Å². The quantitative estimate of drug-likeness (QED) is 0.464. The van der Waals surface area contributed by atoms with Gasteiger partial charge in [-0.3, -0.25) is 23.4 Å². The molecule has 0 aliphatic carbocycles. The average molecular weight is 500 g/mol. The summed E-state index contributed by atoms with van der Waals surface area (Å²) in [5.74, 6) is -0.712. The Morgan fingerprint density at radius 3 is 2.43 bits per heavy atom. The van der Waals surface area contributed by atoms with Crippen LogP contribution in [0.25, 0.3) is 10.8 Å². The van der Waals surface area contributed by atoms with Crippen LogP contribution in [0, 0.1) is 0 Å². The summed E-state index contributed by atoms with van der Waals surface area (Å²) in [7, 11) is -3.96. The Bertz CT molecular complexity index is 1500. The lowest BCUT2D eigenvalue weighted by atomic mass is 10.1. The van der Waals surface area contributed by atoms with E-state index < -0.39 is 33.7 Å². The number of aromatic amines is 1. The highest BCUT2D eigenvalue weighted by atomic mass is 32.2. The maximum Gasteiger partial charge on any atom is 0.330 e. The number of anilines is 3. The van der Waals surface area contributed by atoms with E-state index in [9.17, 15) is 22.8 Å². The summed E-state index contributed by atoms with van der Waals surface area (Å²) >= 11 is 0. The third-order valence-corrected chi connectivity index (χ3v) is 8.02. The Balaban J connectivity index is 1.77. The number of nitrogen functional groups attached to an aromatic ring is 1. The standard InChI is InChI=1S/C24H29N5O5S/c1-3-5-13-27(21-22(25)28(14-6-4-2)24(32)26-23(21)31)19(30)15-29-17-11-7-9-16-10-8-12-18(20(16)17)35(29,33)34/h7-12H,3-6,13-15,25H2,1-2H3,(H,26,31,32). The molecule has 10 nitrogen and oxygen atoms in total. The van der Waals surface area contributed by atoms with Crippen molar-refractivity contribution in [3.8, 4) is 0 Å². The topological polar surface area (TPSA) is 139 Å². The zero-order valence-electron chi connectivity index (χ0n) is 19.8. The van der Waals surface area contributed by atoms with Crippen LogP contribution in [0.1, 0.15) is 39.5 Å². The van der Waals surface area contributed by atoms with Crippen LogP contribution >= 0.6 is 0 Å². The number of carbonyl (C=O) groups excluding carboxylic acids is 1. The molecular formula is C24H29N5O5S. The summed E-state index contributed by atoms with van der Waals surface area (Å²) in [5.41, 5.74) is 5.11. The van der Waals surface area contributed by atoms with Crippen LogP contribution in [0.5, 0.6) is 0 Å². The lowest BCUT2D eigenvalue weighted by Crippen LogP contribution is -2.46. The minimum atomic E-state index is -3.96. The molecule has 186 valence electrons. The highest BCUT2D eigenvalue weighted by Crippen LogP contribution is 2.41. The highest BCUT2D eigenvalue weighted by molar-refractivity contribution is 7.93. The molecule has 4 rings (SSSR count). The summed E-state index contributed by atoms with van der Waals surface area (Å²) < 4.78 is 29.0. The third kappa shape index (κ3) is 4.20. The number of carbonyl (C=O) groups is 1. The fourth-order valence-corrected chi connectivity index (χ4v) is 6.05. The third-order valence-electron chi connectivity index (χ3n) is 6.22. The largest absolute Gasteiger partial charge is 0.383 e. The Morgan fingerprint density at radius 1 is 1.06 bits per heavy atom.